The Morgan fingerprint density at radius 1 is 1.21 bits per heavy atom. The van der Waals surface area contributed by atoms with Crippen molar-refractivity contribution in [2.24, 2.45) is 7.05 Å². The molecule has 144 valence electrons. The first-order valence-electron chi connectivity index (χ1n) is 8.68. The van der Waals surface area contributed by atoms with Crippen molar-refractivity contribution in [3.05, 3.63) is 48.2 Å². The van der Waals surface area contributed by atoms with Gasteiger partial charge in [0.25, 0.3) is 5.95 Å². The Bertz CT molecular complexity index is 1220. The van der Waals surface area contributed by atoms with E-state index >= 15 is 0 Å². The van der Waals surface area contributed by atoms with Crippen LogP contribution in [-0.4, -0.2) is 40.6 Å². The molecule has 29 heavy (non-hydrogen) atoms. The van der Waals surface area contributed by atoms with Crippen LogP contribution in [0.5, 0.6) is 6.01 Å². The van der Waals surface area contributed by atoms with E-state index in [4.69, 9.17) is 11.2 Å². The van der Waals surface area contributed by atoms with E-state index in [9.17, 15) is 4.79 Å². The normalized spacial score (nSPS) is 10.6. The Balaban J connectivity index is 1.60. The van der Waals surface area contributed by atoms with Gasteiger partial charge in [-0.25, -0.2) is 14.2 Å². The molecule has 10 nitrogen and oxygen atoms in total. The average Bonchev–Trinajstić information content (AvgIpc) is 3.29. The molecule has 0 aliphatic rings. The number of rotatable bonds is 6. The third-order valence-electron chi connectivity index (χ3n) is 4.01. The maximum Gasteiger partial charge on any atom is 0.305 e. The zero-order chi connectivity index (χ0) is 20.2. The lowest BCUT2D eigenvalue weighted by Crippen LogP contribution is -2.12. The summed E-state index contributed by atoms with van der Waals surface area (Å²) >= 11 is 0. The molecule has 1 aromatic carbocycles. The third-order valence-corrected chi connectivity index (χ3v) is 4.01. The summed E-state index contributed by atoms with van der Waals surface area (Å²) < 4.78 is 9.19. The van der Waals surface area contributed by atoms with E-state index in [2.05, 4.69) is 36.7 Å². The first-order chi connectivity index (χ1) is 14.2. The van der Waals surface area contributed by atoms with E-state index in [1.54, 1.807) is 29.8 Å². The van der Waals surface area contributed by atoms with Gasteiger partial charge >= 0.3 is 6.01 Å². The molecule has 1 amide bonds. The van der Waals surface area contributed by atoms with E-state index in [0.29, 0.717) is 23.5 Å². The quantitative estimate of drug-likeness (QED) is 0.498. The van der Waals surface area contributed by atoms with Gasteiger partial charge in [-0.15, -0.1) is 6.42 Å². The number of carbonyl (C=O) groups is 1. The molecule has 4 aromatic rings. The van der Waals surface area contributed by atoms with E-state index in [-0.39, 0.29) is 18.9 Å². The minimum absolute atomic E-state index is 0.0157. The number of terminal acetylenes is 1. The molecular weight excluding hydrogens is 372 g/mol. The predicted molar refractivity (Wildman–Crippen MR) is 104 cm³/mol. The second-order valence-corrected chi connectivity index (χ2v) is 6.05. The number of imidazole rings is 1. The highest BCUT2D eigenvalue weighted by molar-refractivity contribution is 5.91. The van der Waals surface area contributed by atoms with Gasteiger partial charge < -0.3 is 10.1 Å². The van der Waals surface area contributed by atoms with Crippen LogP contribution in [-0.2, 0) is 18.4 Å². The Labute approximate surface area is 165 Å². The molecule has 3 heterocycles. The number of aromatic nitrogens is 7. The van der Waals surface area contributed by atoms with Crippen LogP contribution in [0.4, 0.5) is 5.82 Å². The molecule has 0 atom stereocenters. The molecule has 0 fully saturated rings. The number of tetrazole rings is 1. The van der Waals surface area contributed by atoms with Crippen LogP contribution in [0.25, 0.3) is 17.0 Å². The minimum Gasteiger partial charge on any atom is -0.458 e. The molecule has 0 spiro atoms. The SMILES string of the molecule is C#CCC(=O)Nc1cccc(COc2nc3ccccc3n2-c2nnnn2C)n1. The Hall–Kier alpha value is -4.26. The van der Waals surface area contributed by atoms with Gasteiger partial charge in [-0.1, -0.05) is 29.2 Å². The monoisotopic (exact) mass is 388 g/mol. The zero-order valence-electron chi connectivity index (χ0n) is 15.5. The Morgan fingerprint density at radius 2 is 2.07 bits per heavy atom. The highest BCUT2D eigenvalue weighted by Gasteiger charge is 2.18. The van der Waals surface area contributed by atoms with Crippen molar-refractivity contribution < 1.29 is 9.53 Å². The average molecular weight is 388 g/mol. The number of fused-ring (bicyclic) bond motifs is 1. The lowest BCUT2D eigenvalue weighted by atomic mass is 10.3. The number of benzene rings is 1. The van der Waals surface area contributed by atoms with Gasteiger partial charge in [-0.05, 0) is 34.7 Å². The van der Waals surface area contributed by atoms with Crippen LogP contribution in [0.15, 0.2) is 42.5 Å². The van der Waals surface area contributed by atoms with Crippen molar-refractivity contribution in [3.8, 4) is 24.3 Å². The zero-order valence-corrected chi connectivity index (χ0v) is 15.5. The summed E-state index contributed by atoms with van der Waals surface area (Å²) in [6.45, 7) is 0.132. The van der Waals surface area contributed by atoms with Gasteiger partial charge in [0.1, 0.15) is 12.4 Å². The fourth-order valence-corrected chi connectivity index (χ4v) is 2.76. The summed E-state index contributed by atoms with van der Waals surface area (Å²) in [4.78, 5) is 20.5. The highest BCUT2D eigenvalue weighted by atomic mass is 16.5. The molecular formula is C19H16N8O2. The molecule has 0 aliphatic heterocycles. The van der Waals surface area contributed by atoms with E-state index < -0.39 is 0 Å². The number of hydrogen-bond donors (Lipinski definition) is 1. The van der Waals surface area contributed by atoms with Gasteiger partial charge in [-0.3, -0.25) is 4.79 Å². The van der Waals surface area contributed by atoms with Crippen molar-refractivity contribution in [2.75, 3.05) is 5.32 Å². The number of amides is 1. The first-order valence-corrected chi connectivity index (χ1v) is 8.68. The smallest absolute Gasteiger partial charge is 0.305 e. The second-order valence-electron chi connectivity index (χ2n) is 6.05. The fourth-order valence-electron chi connectivity index (χ4n) is 2.76. The van der Waals surface area contributed by atoms with Crippen LogP contribution >= 0.6 is 0 Å². The molecule has 0 radical (unpaired) electrons. The van der Waals surface area contributed by atoms with E-state index in [1.165, 1.54) is 4.68 Å². The number of pyridine rings is 1. The number of para-hydroxylation sites is 2. The van der Waals surface area contributed by atoms with Crippen molar-refractivity contribution in [1.29, 1.82) is 0 Å². The summed E-state index contributed by atoms with van der Waals surface area (Å²) in [6, 6.07) is 13.1. The molecule has 10 heteroatoms. The third kappa shape index (κ3) is 3.74. The van der Waals surface area contributed by atoms with Crippen LogP contribution in [0, 0.1) is 12.3 Å². The van der Waals surface area contributed by atoms with E-state index in [0.717, 1.165) is 11.0 Å². The Morgan fingerprint density at radius 3 is 2.86 bits per heavy atom. The maximum absolute atomic E-state index is 11.7. The summed E-state index contributed by atoms with van der Waals surface area (Å²) in [5.74, 6) is 2.87. The van der Waals surface area contributed by atoms with Crippen LogP contribution in [0.3, 0.4) is 0 Å². The molecule has 0 saturated heterocycles. The molecule has 4 rings (SSSR count). The van der Waals surface area contributed by atoms with Crippen LogP contribution in [0.1, 0.15) is 12.1 Å². The largest absolute Gasteiger partial charge is 0.458 e. The standard InChI is InChI=1S/C19H16N8O2/c1-3-7-17(28)22-16-11-6-8-13(20-16)12-29-19-21-14-9-4-5-10-15(14)27(19)18-23-24-25-26(18)2/h1,4-6,8-11H,7,12H2,2H3,(H,20,22,28). The molecule has 3 aromatic heterocycles. The summed E-state index contributed by atoms with van der Waals surface area (Å²) in [6.07, 6.45) is 5.13. The lowest BCUT2D eigenvalue weighted by molar-refractivity contribution is -0.115. The number of aryl methyl sites for hydroxylation is 1. The molecule has 1 N–H and O–H groups in total. The maximum atomic E-state index is 11.7. The lowest BCUT2D eigenvalue weighted by Gasteiger charge is -2.09. The Kier molecular flexibility index (Phi) is 4.86. The summed E-state index contributed by atoms with van der Waals surface area (Å²) in [5.41, 5.74) is 2.16. The topological polar surface area (TPSA) is 113 Å². The molecule has 0 bridgehead atoms. The van der Waals surface area contributed by atoms with Gasteiger partial charge in [0.2, 0.25) is 5.91 Å². The van der Waals surface area contributed by atoms with E-state index in [1.807, 2.05) is 24.3 Å². The van der Waals surface area contributed by atoms with Gasteiger partial charge in [0.15, 0.2) is 0 Å². The van der Waals surface area contributed by atoms with Crippen molar-refractivity contribution in [1.82, 2.24) is 34.7 Å². The fraction of sp³-hybridized carbons (Fsp3) is 0.158. The molecule has 0 aliphatic carbocycles. The molecule has 0 saturated carbocycles. The van der Waals surface area contributed by atoms with Gasteiger partial charge in [0, 0.05) is 7.05 Å². The van der Waals surface area contributed by atoms with Crippen LogP contribution in [0.2, 0.25) is 0 Å². The summed E-state index contributed by atoms with van der Waals surface area (Å²) in [7, 11) is 1.73. The number of anilines is 1. The van der Waals surface area contributed by atoms with Gasteiger partial charge in [-0.2, -0.15) is 4.98 Å². The molecule has 0 unspecified atom stereocenters. The summed E-state index contributed by atoms with van der Waals surface area (Å²) in [5, 5.41) is 14.3. The highest BCUT2D eigenvalue weighted by Crippen LogP contribution is 2.25. The van der Waals surface area contributed by atoms with Crippen molar-refractivity contribution in [3.63, 3.8) is 0 Å². The second kappa shape index (κ2) is 7.77. The van der Waals surface area contributed by atoms with Crippen LogP contribution < -0.4 is 10.1 Å². The number of nitrogens with one attached hydrogen (secondary N) is 1. The number of carbonyl (C=O) groups excluding carboxylic acids is 1. The first kappa shape index (κ1) is 18.1. The van der Waals surface area contributed by atoms with Crippen molar-refractivity contribution in [2.45, 2.75) is 13.0 Å². The number of nitrogens with zero attached hydrogens (tertiary/aromatic N) is 7. The number of hydrogen-bond acceptors (Lipinski definition) is 7. The predicted octanol–water partition coefficient (Wildman–Crippen LogP) is 1.48. The minimum atomic E-state index is -0.297. The number of ether oxygens (including phenoxy) is 1. The van der Waals surface area contributed by atoms with Gasteiger partial charge in [0.05, 0.1) is 23.1 Å². The van der Waals surface area contributed by atoms with Crippen molar-refractivity contribution >= 4 is 22.8 Å².